The number of nitrogens with zero attached hydrogens (tertiary/aromatic N) is 3. The van der Waals surface area contributed by atoms with Crippen LogP contribution in [0.2, 0.25) is 0 Å². The summed E-state index contributed by atoms with van der Waals surface area (Å²) < 4.78 is 0. The highest BCUT2D eigenvalue weighted by atomic mass is 16.2. The number of amides is 5. The zero-order chi connectivity index (χ0) is 19.6. The molecule has 0 unspecified atom stereocenters. The van der Waals surface area contributed by atoms with Crippen LogP contribution in [-0.2, 0) is 0 Å². The van der Waals surface area contributed by atoms with E-state index < -0.39 is 0 Å². The van der Waals surface area contributed by atoms with Crippen LogP contribution in [0.5, 0.6) is 0 Å². The number of imide groups is 1. The van der Waals surface area contributed by atoms with Gasteiger partial charge in [-0.2, -0.15) is 0 Å². The SMILES string of the molecule is CCCCN1C(=O)c2ccc(C(=O)N3CCN(C(=O)NC)CC3)cc2C1=O. The van der Waals surface area contributed by atoms with Crippen LogP contribution in [0.1, 0.15) is 50.8 Å². The van der Waals surface area contributed by atoms with Crippen LogP contribution in [0.4, 0.5) is 4.79 Å². The Labute approximate surface area is 158 Å². The smallest absolute Gasteiger partial charge is 0.317 e. The molecule has 1 fully saturated rings. The first-order valence-corrected chi connectivity index (χ1v) is 9.24. The molecular formula is C19H24N4O4. The summed E-state index contributed by atoms with van der Waals surface area (Å²) in [4.78, 5) is 53.9. The third-order valence-electron chi connectivity index (χ3n) is 5.02. The average molecular weight is 372 g/mol. The molecule has 1 N–H and O–H groups in total. The van der Waals surface area contributed by atoms with Gasteiger partial charge >= 0.3 is 6.03 Å². The van der Waals surface area contributed by atoms with Gasteiger partial charge in [0.15, 0.2) is 0 Å². The van der Waals surface area contributed by atoms with Crippen LogP contribution in [0.15, 0.2) is 18.2 Å². The van der Waals surface area contributed by atoms with E-state index in [2.05, 4.69) is 5.32 Å². The number of nitrogens with one attached hydrogen (secondary N) is 1. The largest absolute Gasteiger partial charge is 0.341 e. The maximum absolute atomic E-state index is 12.8. The topological polar surface area (TPSA) is 90.0 Å². The number of carbonyl (C=O) groups excluding carboxylic acids is 4. The number of rotatable bonds is 4. The second-order valence-electron chi connectivity index (χ2n) is 6.71. The van der Waals surface area contributed by atoms with Gasteiger partial charge in [0.05, 0.1) is 11.1 Å². The second kappa shape index (κ2) is 7.77. The first kappa shape index (κ1) is 18.9. The average Bonchev–Trinajstić information content (AvgIpc) is 2.95. The summed E-state index contributed by atoms with van der Waals surface area (Å²) in [5.41, 5.74) is 1.05. The standard InChI is InChI=1S/C19H24N4O4/c1-3-4-7-23-17(25)14-6-5-13(12-15(14)18(23)26)16(24)21-8-10-22(11-9-21)19(27)20-2/h5-6,12H,3-4,7-11H2,1-2H3,(H,20,27). The number of carbonyl (C=O) groups is 4. The summed E-state index contributed by atoms with van der Waals surface area (Å²) >= 11 is 0. The lowest BCUT2D eigenvalue weighted by atomic mass is 10.0. The van der Waals surface area contributed by atoms with Crippen LogP contribution < -0.4 is 5.32 Å². The van der Waals surface area contributed by atoms with Gasteiger partial charge in [-0.1, -0.05) is 13.3 Å². The van der Waals surface area contributed by atoms with Crippen molar-refractivity contribution in [1.82, 2.24) is 20.0 Å². The van der Waals surface area contributed by atoms with E-state index in [0.717, 1.165) is 12.8 Å². The van der Waals surface area contributed by atoms with Crippen LogP contribution >= 0.6 is 0 Å². The van der Waals surface area contributed by atoms with E-state index in [9.17, 15) is 19.2 Å². The fourth-order valence-corrected chi connectivity index (χ4v) is 3.40. The normalized spacial score (nSPS) is 16.6. The number of urea groups is 1. The summed E-state index contributed by atoms with van der Waals surface area (Å²) in [7, 11) is 1.58. The monoisotopic (exact) mass is 372 g/mol. The maximum Gasteiger partial charge on any atom is 0.317 e. The Kier molecular flexibility index (Phi) is 5.43. The van der Waals surface area contributed by atoms with Gasteiger partial charge in [0.25, 0.3) is 17.7 Å². The predicted octanol–water partition coefficient (Wildman–Crippen LogP) is 1.18. The maximum atomic E-state index is 12.8. The molecule has 1 aromatic carbocycles. The van der Waals surface area contributed by atoms with Gasteiger partial charge in [-0.25, -0.2) is 4.79 Å². The third-order valence-corrected chi connectivity index (χ3v) is 5.02. The molecule has 0 atom stereocenters. The molecule has 1 saturated heterocycles. The molecule has 27 heavy (non-hydrogen) atoms. The second-order valence-corrected chi connectivity index (χ2v) is 6.71. The Hall–Kier alpha value is -2.90. The quantitative estimate of drug-likeness (QED) is 0.804. The molecule has 2 heterocycles. The van der Waals surface area contributed by atoms with Crippen LogP contribution in [0, 0.1) is 0 Å². The van der Waals surface area contributed by atoms with Gasteiger partial charge in [-0.05, 0) is 24.6 Å². The summed E-state index contributed by atoms with van der Waals surface area (Å²) in [6.07, 6.45) is 1.64. The van der Waals surface area contributed by atoms with Crippen molar-refractivity contribution in [2.24, 2.45) is 0 Å². The first-order chi connectivity index (χ1) is 13.0. The molecule has 0 aliphatic carbocycles. The number of fused-ring (bicyclic) bond motifs is 1. The van der Waals surface area contributed by atoms with E-state index in [1.54, 1.807) is 29.0 Å². The Morgan fingerprint density at radius 2 is 1.63 bits per heavy atom. The van der Waals surface area contributed by atoms with Gasteiger partial charge in [0.1, 0.15) is 0 Å². The fraction of sp³-hybridized carbons (Fsp3) is 0.474. The van der Waals surface area contributed by atoms with Crippen LogP contribution in [0.25, 0.3) is 0 Å². The van der Waals surface area contributed by atoms with E-state index in [0.29, 0.717) is 49.4 Å². The summed E-state index contributed by atoms with van der Waals surface area (Å²) in [5, 5.41) is 2.58. The predicted molar refractivity (Wildman–Crippen MR) is 98.6 cm³/mol. The zero-order valence-corrected chi connectivity index (χ0v) is 15.7. The highest BCUT2D eigenvalue weighted by Gasteiger charge is 2.36. The molecule has 2 aliphatic rings. The number of hydrogen-bond acceptors (Lipinski definition) is 4. The lowest BCUT2D eigenvalue weighted by Gasteiger charge is -2.34. The van der Waals surface area contributed by atoms with Crippen molar-refractivity contribution in [3.05, 3.63) is 34.9 Å². The molecule has 0 aromatic heterocycles. The molecule has 2 aliphatic heterocycles. The molecular weight excluding hydrogens is 348 g/mol. The lowest BCUT2D eigenvalue weighted by molar-refractivity contribution is 0.0650. The molecule has 0 bridgehead atoms. The number of benzene rings is 1. The molecule has 5 amide bonds. The zero-order valence-electron chi connectivity index (χ0n) is 15.7. The minimum Gasteiger partial charge on any atom is -0.341 e. The van der Waals surface area contributed by atoms with E-state index >= 15 is 0 Å². The Morgan fingerprint density at radius 1 is 1.00 bits per heavy atom. The van der Waals surface area contributed by atoms with E-state index in [1.165, 1.54) is 11.0 Å². The van der Waals surface area contributed by atoms with Crippen molar-refractivity contribution in [3.63, 3.8) is 0 Å². The van der Waals surface area contributed by atoms with Crippen molar-refractivity contribution in [2.45, 2.75) is 19.8 Å². The molecule has 0 radical (unpaired) electrons. The summed E-state index contributed by atoms with van der Waals surface area (Å²) in [6.45, 7) is 4.17. The van der Waals surface area contributed by atoms with Crippen LogP contribution in [0.3, 0.4) is 0 Å². The van der Waals surface area contributed by atoms with E-state index in [1.807, 2.05) is 6.92 Å². The summed E-state index contributed by atoms with van der Waals surface area (Å²) in [6, 6.07) is 4.53. The molecule has 8 heteroatoms. The van der Waals surface area contributed by atoms with Crippen molar-refractivity contribution < 1.29 is 19.2 Å². The van der Waals surface area contributed by atoms with Gasteiger partial charge < -0.3 is 15.1 Å². The molecule has 0 saturated carbocycles. The Bertz CT molecular complexity index is 784. The van der Waals surface area contributed by atoms with Crippen molar-refractivity contribution in [2.75, 3.05) is 39.8 Å². The lowest BCUT2D eigenvalue weighted by Crippen LogP contribution is -2.52. The van der Waals surface area contributed by atoms with Gasteiger partial charge in [-0.3, -0.25) is 19.3 Å². The number of piperazine rings is 1. The molecule has 144 valence electrons. The van der Waals surface area contributed by atoms with Crippen molar-refractivity contribution in [3.8, 4) is 0 Å². The highest BCUT2D eigenvalue weighted by molar-refractivity contribution is 6.22. The first-order valence-electron chi connectivity index (χ1n) is 9.24. The summed E-state index contributed by atoms with van der Waals surface area (Å²) in [5.74, 6) is -0.814. The minimum atomic E-state index is -0.331. The van der Waals surface area contributed by atoms with Gasteiger partial charge in [0, 0.05) is 45.3 Å². The molecule has 8 nitrogen and oxygen atoms in total. The van der Waals surface area contributed by atoms with Crippen LogP contribution in [-0.4, -0.2) is 78.2 Å². The third kappa shape index (κ3) is 3.51. The Balaban J connectivity index is 1.72. The van der Waals surface area contributed by atoms with E-state index in [4.69, 9.17) is 0 Å². The Morgan fingerprint density at radius 3 is 2.26 bits per heavy atom. The number of hydrogen-bond donors (Lipinski definition) is 1. The molecule has 3 rings (SSSR count). The van der Waals surface area contributed by atoms with Crippen molar-refractivity contribution >= 4 is 23.8 Å². The van der Waals surface area contributed by atoms with Gasteiger partial charge in [0.2, 0.25) is 0 Å². The van der Waals surface area contributed by atoms with E-state index in [-0.39, 0.29) is 23.8 Å². The number of unbranched alkanes of at least 4 members (excludes halogenated alkanes) is 1. The highest BCUT2D eigenvalue weighted by Crippen LogP contribution is 2.25. The minimum absolute atomic E-state index is 0.157. The molecule has 1 aromatic rings. The van der Waals surface area contributed by atoms with Gasteiger partial charge in [-0.15, -0.1) is 0 Å². The molecule has 0 spiro atoms. The van der Waals surface area contributed by atoms with Crippen molar-refractivity contribution in [1.29, 1.82) is 0 Å². The fourth-order valence-electron chi connectivity index (χ4n) is 3.40.